The Morgan fingerprint density at radius 3 is 2.50 bits per heavy atom. The molecular weight excluding hydrogens is 354 g/mol. The maximum absolute atomic E-state index is 12.2. The van der Waals surface area contributed by atoms with E-state index >= 15 is 0 Å². The Labute approximate surface area is 156 Å². The molecule has 0 radical (unpaired) electrons. The van der Waals surface area contributed by atoms with Crippen molar-refractivity contribution in [1.82, 2.24) is 14.3 Å². The van der Waals surface area contributed by atoms with Crippen molar-refractivity contribution in [3.05, 3.63) is 35.4 Å². The highest BCUT2D eigenvalue weighted by Crippen LogP contribution is 2.20. The Balaban J connectivity index is 1.85. The lowest BCUT2D eigenvalue weighted by molar-refractivity contribution is 0.0229. The topological polar surface area (TPSA) is 87.7 Å². The zero-order valence-electron chi connectivity index (χ0n) is 15.9. The van der Waals surface area contributed by atoms with Crippen LogP contribution in [0.15, 0.2) is 24.3 Å². The number of aryl methyl sites for hydroxylation is 1. The molecule has 1 amide bonds. The molecule has 1 aromatic carbocycles. The fourth-order valence-electron chi connectivity index (χ4n) is 2.75. The van der Waals surface area contributed by atoms with Crippen LogP contribution in [0.5, 0.6) is 0 Å². The van der Waals surface area contributed by atoms with Crippen LogP contribution in [0, 0.1) is 6.92 Å². The number of amides is 1. The van der Waals surface area contributed by atoms with Gasteiger partial charge < -0.3 is 9.64 Å². The van der Waals surface area contributed by atoms with Crippen molar-refractivity contribution >= 4 is 16.3 Å². The van der Waals surface area contributed by atoms with Crippen molar-refractivity contribution in [2.24, 2.45) is 0 Å². The molecule has 1 aliphatic rings. The summed E-state index contributed by atoms with van der Waals surface area (Å²) in [6.07, 6.45) is 1.19. The number of hydrogen-bond donors (Lipinski definition) is 2. The number of rotatable bonds is 6. The largest absolute Gasteiger partial charge is 0.444 e. The summed E-state index contributed by atoms with van der Waals surface area (Å²) in [5.41, 5.74) is 1.44. The molecule has 0 bridgehead atoms. The molecule has 1 heterocycles. The van der Waals surface area contributed by atoms with E-state index in [2.05, 4.69) is 9.44 Å². The third-order valence-corrected chi connectivity index (χ3v) is 5.17. The van der Waals surface area contributed by atoms with Gasteiger partial charge in [-0.05, 0) is 46.1 Å². The van der Waals surface area contributed by atoms with Crippen LogP contribution in [0.4, 0.5) is 4.79 Å². The lowest BCUT2D eigenvalue weighted by Crippen LogP contribution is -2.47. The molecule has 1 aliphatic heterocycles. The summed E-state index contributed by atoms with van der Waals surface area (Å²) in [7, 11) is -3.64. The van der Waals surface area contributed by atoms with Crippen molar-refractivity contribution in [2.75, 3.05) is 13.1 Å². The van der Waals surface area contributed by atoms with Gasteiger partial charge in [0.25, 0.3) is 10.2 Å². The number of carbonyl (C=O) groups is 1. The van der Waals surface area contributed by atoms with Gasteiger partial charge in [-0.2, -0.15) is 13.1 Å². The van der Waals surface area contributed by atoms with E-state index in [-0.39, 0.29) is 19.1 Å². The number of likely N-dealkylation sites (tertiary alicyclic amines) is 1. The Bertz CT molecular complexity index is 711. The van der Waals surface area contributed by atoms with E-state index in [0.717, 1.165) is 24.0 Å². The van der Waals surface area contributed by atoms with E-state index in [4.69, 9.17) is 4.74 Å². The quantitative estimate of drug-likeness (QED) is 0.789. The summed E-state index contributed by atoms with van der Waals surface area (Å²) in [5, 5.41) is 0. The number of nitrogens with zero attached hydrogens (tertiary/aromatic N) is 1. The molecule has 1 saturated heterocycles. The van der Waals surface area contributed by atoms with Gasteiger partial charge in [-0.3, -0.25) is 0 Å². The van der Waals surface area contributed by atoms with E-state index in [1.807, 2.05) is 52.0 Å². The van der Waals surface area contributed by atoms with E-state index in [1.54, 1.807) is 4.90 Å². The molecule has 146 valence electrons. The molecule has 7 nitrogen and oxygen atoms in total. The van der Waals surface area contributed by atoms with Crippen LogP contribution in [-0.2, 0) is 21.5 Å². The third kappa shape index (κ3) is 6.59. The van der Waals surface area contributed by atoms with Gasteiger partial charge in [-0.15, -0.1) is 0 Å². The summed E-state index contributed by atoms with van der Waals surface area (Å²) in [5.74, 6) is 0. The maximum Gasteiger partial charge on any atom is 0.410 e. The lowest BCUT2D eigenvalue weighted by atomic mass is 10.2. The molecule has 0 unspecified atom stereocenters. The monoisotopic (exact) mass is 383 g/mol. The molecule has 0 aliphatic carbocycles. The molecule has 1 aromatic rings. The lowest BCUT2D eigenvalue weighted by Gasteiger charge is -2.28. The smallest absolute Gasteiger partial charge is 0.410 e. The Morgan fingerprint density at radius 2 is 1.88 bits per heavy atom. The van der Waals surface area contributed by atoms with Crippen LogP contribution in [0.2, 0.25) is 0 Å². The number of nitrogens with one attached hydrogen (secondary N) is 2. The van der Waals surface area contributed by atoms with Crippen molar-refractivity contribution in [3.8, 4) is 0 Å². The minimum absolute atomic E-state index is 0.169. The average molecular weight is 384 g/mol. The van der Waals surface area contributed by atoms with Gasteiger partial charge in [0.1, 0.15) is 5.60 Å². The van der Waals surface area contributed by atoms with Crippen LogP contribution >= 0.6 is 0 Å². The molecule has 1 fully saturated rings. The average Bonchev–Trinajstić information content (AvgIpc) is 3.00. The first-order valence-corrected chi connectivity index (χ1v) is 10.3. The summed E-state index contributed by atoms with van der Waals surface area (Å²) in [4.78, 5) is 13.8. The number of hydrogen-bond acceptors (Lipinski definition) is 4. The first-order valence-electron chi connectivity index (χ1n) is 8.85. The fraction of sp³-hybridized carbons (Fsp3) is 0.611. The van der Waals surface area contributed by atoms with Gasteiger partial charge in [0.2, 0.25) is 0 Å². The van der Waals surface area contributed by atoms with Gasteiger partial charge in [-0.25, -0.2) is 9.52 Å². The van der Waals surface area contributed by atoms with Crippen LogP contribution in [0.3, 0.4) is 0 Å². The second-order valence-corrected chi connectivity index (χ2v) is 9.21. The number of benzene rings is 1. The van der Waals surface area contributed by atoms with Gasteiger partial charge in [0.05, 0.1) is 0 Å². The molecule has 0 aromatic heterocycles. The van der Waals surface area contributed by atoms with Crippen LogP contribution in [0.25, 0.3) is 0 Å². The summed E-state index contributed by atoms with van der Waals surface area (Å²) in [6.45, 7) is 8.39. The van der Waals surface area contributed by atoms with E-state index in [1.165, 1.54) is 0 Å². The SMILES string of the molecule is Cc1ccc(CNS(=O)(=O)NC[C@@H]2CCCN2C(=O)OC(C)(C)C)cc1. The molecule has 2 rings (SSSR count). The van der Waals surface area contributed by atoms with Gasteiger partial charge in [0, 0.05) is 25.7 Å². The van der Waals surface area contributed by atoms with Crippen LogP contribution in [0.1, 0.15) is 44.7 Å². The fourth-order valence-corrected chi connectivity index (χ4v) is 3.62. The first kappa shape index (κ1) is 20.7. The summed E-state index contributed by atoms with van der Waals surface area (Å²) in [6, 6.07) is 7.46. The van der Waals surface area contributed by atoms with E-state index < -0.39 is 21.9 Å². The predicted octanol–water partition coefficient (Wildman–Crippen LogP) is 2.32. The number of carbonyl (C=O) groups excluding carboxylic acids is 1. The van der Waals surface area contributed by atoms with Gasteiger partial charge in [-0.1, -0.05) is 29.8 Å². The highest BCUT2D eigenvalue weighted by Gasteiger charge is 2.32. The number of ether oxygens (including phenoxy) is 1. The second kappa shape index (κ2) is 8.37. The minimum atomic E-state index is -3.64. The minimum Gasteiger partial charge on any atom is -0.444 e. The van der Waals surface area contributed by atoms with Crippen molar-refractivity contribution in [1.29, 1.82) is 0 Å². The highest BCUT2D eigenvalue weighted by molar-refractivity contribution is 7.87. The molecule has 26 heavy (non-hydrogen) atoms. The Hall–Kier alpha value is -1.64. The van der Waals surface area contributed by atoms with Crippen molar-refractivity contribution in [3.63, 3.8) is 0 Å². The van der Waals surface area contributed by atoms with Crippen molar-refractivity contribution < 1.29 is 17.9 Å². The molecular formula is C18H29N3O4S. The zero-order chi connectivity index (χ0) is 19.4. The molecule has 0 saturated carbocycles. The maximum atomic E-state index is 12.2. The van der Waals surface area contributed by atoms with E-state index in [9.17, 15) is 13.2 Å². The second-order valence-electron chi connectivity index (χ2n) is 7.63. The van der Waals surface area contributed by atoms with E-state index in [0.29, 0.717) is 6.54 Å². The molecule has 0 spiro atoms. The highest BCUT2D eigenvalue weighted by atomic mass is 32.2. The molecule has 8 heteroatoms. The first-order chi connectivity index (χ1) is 12.1. The Morgan fingerprint density at radius 1 is 1.23 bits per heavy atom. The third-order valence-electron chi connectivity index (χ3n) is 4.10. The molecule has 1 atom stereocenters. The summed E-state index contributed by atoms with van der Waals surface area (Å²) >= 11 is 0. The summed E-state index contributed by atoms with van der Waals surface area (Å²) < 4.78 is 34.8. The van der Waals surface area contributed by atoms with Crippen LogP contribution < -0.4 is 9.44 Å². The predicted molar refractivity (Wildman–Crippen MR) is 101 cm³/mol. The van der Waals surface area contributed by atoms with Gasteiger partial charge in [0.15, 0.2) is 0 Å². The molecule has 2 N–H and O–H groups in total. The normalized spacial score (nSPS) is 18.2. The zero-order valence-corrected chi connectivity index (χ0v) is 16.7. The standard InChI is InChI=1S/C18H29N3O4S/c1-14-7-9-15(10-8-14)12-19-26(23,24)20-13-16-6-5-11-21(16)17(22)25-18(2,3)4/h7-10,16,19-20H,5-6,11-13H2,1-4H3/t16-/m0/s1. The van der Waals surface area contributed by atoms with Crippen LogP contribution in [-0.4, -0.2) is 44.1 Å². The Kier molecular flexibility index (Phi) is 6.65. The van der Waals surface area contributed by atoms with Gasteiger partial charge >= 0.3 is 6.09 Å². The van der Waals surface area contributed by atoms with Crippen molar-refractivity contribution in [2.45, 2.75) is 58.7 Å².